The Morgan fingerprint density at radius 2 is 2.12 bits per heavy atom. The van der Waals surface area contributed by atoms with E-state index in [1.54, 1.807) is 11.2 Å². The molecule has 1 amide bonds. The fourth-order valence-electron chi connectivity index (χ4n) is 2.74. The number of aromatic nitrogens is 2. The minimum atomic E-state index is -0.556. The number of carbonyl (C=O) groups excluding carboxylic acids is 1. The van der Waals surface area contributed by atoms with Gasteiger partial charge in [-0.15, -0.1) is 0 Å². The highest BCUT2D eigenvalue weighted by atomic mass is 16.6. The van der Waals surface area contributed by atoms with E-state index in [4.69, 9.17) is 4.42 Å². The number of amides is 1. The molecule has 0 saturated carbocycles. The van der Waals surface area contributed by atoms with E-state index in [1.165, 1.54) is 10.9 Å². The van der Waals surface area contributed by atoms with Crippen LogP contribution >= 0.6 is 0 Å². The van der Waals surface area contributed by atoms with Crippen LogP contribution in [-0.2, 0) is 13.1 Å². The molecule has 3 heterocycles. The second-order valence-corrected chi connectivity index (χ2v) is 5.62. The molecule has 0 N–H and O–H groups in total. The lowest BCUT2D eigenvalue weighted by Crippen LogP contribution is -2.48. The number of hydrogen-bond donors (Lipinski definition) is 0. The number of aryl methyl sites for hydroxylation is 1. The average molecular weight is 333 g/mol. The molecule has 1 aliphatic heterocycles. The zero-order valence-corrected chi connectivity index (χ0v) is 13.4. The number of piperazine rings is 1. The zero-order chi connectivity index (χ0) is 17.1. The molecule has 128 valence electrons. The van der Waals surface area contributed by atoms with E-state index in [1.807, 2.05) is 19.1 Å². The number of furan rings is 1. The Morgan fingerprint density at radius 1 is 1.38 bits per heavy atom. The number of hydrogen-bond acceptors (Lipinski definition) is 6. The lowest BCUT2D eigenvalue weighted by Gasteiger charge is -2.33. The lowest BCUT2D eigenvalue weighted by molar-refractivity contribution is -0.385. The van der Waals surface area contributed by atoms with Crippen LogP contribution in [0.4, 0.5) is 5.69 Å². The Hall–Kier alpha value is -2.68. The molecule has 0 radical (unpaired) electrons. The first-order valence-electron chi connectivity index (χ1n) is 7.84. The Kier molecular flexibility index (Phi) is 4.61. The second kappa shape index (κ2) is 6.83. The Labute approximate surface area is 138 Å². The van der Waals surface area contributed by atoms with Gasteiger partial charge < -0.3 is 9.32 Å². The van der Waals surface area contributed by atoms with Gasteiger partial charge in [-0.1, -0.05) is 0 Å². The first-order chi connectivity index (χ1) is 11.6. The quantitative estimate of drug-likeness (QED) is 0.605. The van der Waals surface area contributed by atoms with E-state index >= 15 is 0 Å². The van der Waals surface area contributed by atoms with Gasteiger partial charge in [0.05, 0.1) is 17.7 Å². The molecule has 2 aromatic heterocycles. The van der Waals surface area contributed by atoms with Gasteiger partial charge in [-0.3, -0.25) is 24.5 Å². The number of nitrogens with zero attached hydrogens (tertiary/aromatic N) is 5. The van der Waals surface area contributed by atoms with Crippen molar-refractivity contribution >= 4 is 11.6 Å². The molecular formula is C15H19N5O4. The SMILES string of the molecule is CCn1cc([N+](=O)[O-])c(C(=O)N2CCN(Cc3ccco3)CC2)n1. The van der Waals surface area contributed by atoms with Crippen molar-refractivity contribution < 1.29 is 14.1 Å². The van der Waals surface area contributed by atoms with Gasteiger partial charge >= 0.3 is 5.69 Å². The molecule has 24 heavy (non-hydrogen) atoms. The first-order valence-corrected chi connectivity index (χ1v) is 7.84. The van der Waals surface area contributed by atoms with Gasteiger partial charge in [0.15, 0.2) is 0 Å². The Balaban J connectivity index is 1.65. The molecule has 1 aliphatic rings. The summed E-state index contributed by atoms with van der Waals surface area (Å²) in [5, 5.41) is 15.2. The van der Waals surface area contributed by atoms with Crippen molar-refractivity contribution in [1.82, 2.24) is 19.6 Å². The molecule has 1 saturated heterocycles. The van der Waals surface area contributed by atoms with Crippen molar-refractivity contribution in [1.29, 1.82) is 0 Å². The molecule has 2 aromatic rings. The molecule has 9 heteroatoms. The first kappa shape index (κ1) is 16.2. The van der Waals surface area contributed by atoms with Crippen LogP contribution < -0.4 is 0 Å². The van der Waals surface area contributed by atoms with Crippen LogP contribution in [0.5, 0.6) is 0 Å². The van der Waals surface area contributed by atoms with Gasteiger partial charge in [-0.2, -0.15) is 5.10 Å². The van der Waals surface area contributed by atoms with Gasteiger partial charge in [0, 0.05) is 32.7 Å². The Morgan fingerprint density at radius 3 is 2.71 bits per heavy atom. The molecule has 9 nitrogen and oxygen atoms in total. The van der Waals surface area contributed by atoms with Gasteiger partial charge in [-0.25, -0.2) is 0 Å². The molecule has 3 rings (SSSR count). The second-order valence-electron chi connectivity index (χ2n) is 5.62. The summed E-state index contributed by atoms with van der Waals surface area (Å²) in [5.74, 6) is 0.499. The third-order valence-electron chi connectivity index (χ3n) is 4.08. The van der Waals surface area contributed by atoms with Crippen LogP contribution in [0.1, 0.15) is 23.2 Å². The average Bonchev–Trinajstić information content (AvgIpc) is 3.24. The van der Waals surface area contributed by atoms with Crippen LogP contribution in [0.25, 0.3) is 0 Å². The van der Waals surface area contributed by atoms with Crippen LogP contribution in [0, 0.1) is 10.1 Å². The predicted molar refractivity (Wildman–Crippen MR) is 84.4 cm³/mol. The highest BCUT2D eigenvalue weighted by Crippen LogP contribution is 2.20. The highest BCUT2D eigenvalue weighted by molar-refractivity contribution is 5.96. The van der Waals surface area contributed by atoms with E-state index in [-0.39, 0.29) is 17.3 Å². The van der Waals surface area contributed by atoms with Crippen LogP contribution in [-0.4, -0.2) is 56.6 Å². The smallest absolute Gasteiger partial charge is 0.320 e. The third-order valence-corrected chi connectivity index (χ3v) is 4.08. The predicted octanol–water partition coefficient (Wildman–Crippen LogP) is 1.36. The topological polar surface area (TPSA) is 97.6 Å². The summed E-state index contributed by atoms with van der Waals surface area (Å²) in [6, 6.07) is 3.76. The molecule has 0 bridgehead atoms. The van der Waals surface area contributed by atoms with E-state index in [0.29, 0.717) is 39.3 Å². The van der Waals surface area contributed by atoms with E-state index in [0.717, 1.165) is 5.76 Å². The fourth-order valence-corrected chi connectivity index (χ4v) is 2.74. The summed E-state index contributed by atoms with van der Waals surface area (Å²) in [5.41, 5.74) is -0.318. The molecule has 0 spiro atoms. The van der Waals surface area contributed by atoms with Crippen molar-refractivity contribution in [3.63, 3.8) is 0 Å². The van der Waals surface area contributed by atoms with Gasteiger partial charge in [0.25, 0.3) is 5.91 Å². The largest absolute Gasteiger partial charge is 0.468 e. The van der Waals surface area contributed by atoms with Crippen LogP contribution in [0.3, 0.4) is 0 Å². The maximum absolute atomic E-state index is 12.6. The normalized spacial score (nSPS) is 15.6. The van der Waals surface area contributed by atoms with Gasteiger partial charge in [0.2, 0.25) is 5.69 Å². The molecule has 1 fully saturated rings. The molecule has 0 atom stereocenters. The van der Waals surface area contributed by atoms with Crippen molar-refractivity contribution in [3.05, 3.63) is 46.2 Å². The number of rotatable bonds is 5. The number of carbonyl (C=O) groups is 1. The minimum Gasteiger partial charge on any atom is -0.468 e. The standard InChI is InChI=1S/C15H19N5O4/c1-2-19-11-13(20(22)23)14(16-19)15(21)18-7-5-17(6-8-18)10-12-4-3-9-24-12/h3-4,9,11H,2,5-8,10H2,1H3. The van der Waals surface area contributed by atoms with Crippen molar-refractivity contribution in [2.45, 2.75) is 20.0 Å². The maximum Gasteiger partial charge on any atom is 0.320 e. The molecular weight excluding hydrogens is 314 g/mol. The van der Waals surface area contributed by atoms with Crippen molar-refractivity contribution in [2.24, 2.45) is 0 Å². The minimum absolute atomic E-state index is 0.0821. The summed E-state index contributed by atoms with van der Waals surface area (Å²) in [6.45, 7) is 5.39. The summed E-state index contributed by atoms with van der Waals surface area (Å²) in [7, 11) is 0. The van der Waals surface area contributed by atoms with Gasteiger partial charge in [-0.05, 0) is 19.1 Å². The van der Waals surface area contributed by atoms with Gasteiger partial charge in [0.1, 0.15) is 12.0 Å². The van der Waals surface area contributed by atoms with Crippen molar-refractivity contribution in [2.75, 3.05) is 26.2 Å². The molecule has 0 unspecified atom stereocenters. The maximum atomic E-state index is 12.6. The van der Waals surface area contributed by atoms with E-state index in [9.17, 15) is 14.9 Å². The zero-order valence-electron chi connectivity index (χ0n) is 13.4. The molecule has 0 aliphatic carbocycles. The summed E-state index contributed by atoms with van der Waals surface area (Å²) in [6.07, 6.45) is 2.94. The molecule has 0 aromatic carbocycles. The monoisotopic (exact) mass is 333 g/mol. The van der Waals surface area contributed by atoms with E-state index in [2.05, 4.69) is 10.00 Å². The number of nitro groups is 1. The Bertz CT molecular complexity index is 716. The van der Waals surface area contributed by atoms with Crippen LogP contribution in [0.15, 0.2) is 29.0 Å². The summed E-state index contributed by atoms with van der Waals surface area (Å²) < 4.78 is 6.74. The summed E-state index contributed by atoms with van der Waals surface area (Å²) >= 11 is 0. The van der Waals surface area contributed by atoms with Crippen molar-refractivity contribution in [3.8, 4) is 0 Å². The lowest BCUT2D eigenvalue weighted by atomic mass is 10.2. The van der Waals surface area contributed by atoms with Crippen LogP contribution in [0.2, 0.25) is 0 Å². The van der Waals surface area contributed by atoms with E-state index < -0.39 is 4.92 Å². The summed E-state index contributed by atoms with van der Waals surface area (Å²) in [4.78, 5) is 27.0. The fraction of sp³-hybridized carbons (Fsp3) is 0.467. The third kappa shape index (κ3) is 3.30. The highest BCUT2D eigenvalue weighted by Gasteiger charge is 2.31.